The van der Waals surface area contributed by atoms with Crippen LogP contribution in [0.1, 0.15) is 39.3 Å². The predicted molar refractivity (Wildman–Crippen MR) is 123 cm³/mol. The van der Waals surface area contributed by atoms with E-state index in [-0.39, 0.29) is 17.4 Å². The van der Waals surface area contributed by atoms with Crippen LogP contribution in [0.5, 0.6) is 5.75 Å². The molecule has 33 heavy (non-hydrogen) atoms. The van der Waals surface area contributed by atoms with Gasteiger partial charge < -0.3 is 15.0 Å². The highest BCUT2D eigenvalue weighted by Crippen LogP contribution is 2.35. The van der Waals surface area contributed by atoms with Gasteiger partial charge in [-0.2, -0.15) is 22.5 Å². The molecule has 0 radical (unpaired) electrons. The number of aromatic nitrogens is 4. The Kier molecular flexibility index (Phi) is 6.69. The van der Waals surface area contributed by atoms with Gasteiger partial charge in [0.05, 0.1) is 5.69 Å². The fraction of sp³-hybridized carbons (Fsp3) is 0.591. The minimum absolute atomic E-state index is 0.0524. The third-order valence-electron chi connectivity index (χ3n) is 6.26. The van der Waals surface area contributed by atoms with Crippen LogP contribution in [0.15, 0.2) is 24.4 Å². The van der Waals surface area contributed by atoms with Crippen molar-refractivity contribution in [2.75, 3.05) is 23.3 Å². The molecular formula is C22H29F3N6OS. The van der Waals surface area contributed by atoms with Crippen molar-refractivity contribution in [1.29, 1.82) is 0 Å². The molecule has 0 amide bonds. The molecule has 0 bridgehead atoms. The van der Waals surface area contributed by atoms with Crippen LogP contribution < -0.4 is 15.0 Å². The third-order valence-corrected chi connectivity index (χ3v) is 7.21. The molecular weight excluding hydrogens is 453 g/mol. The SMILES string of the molecule is CCN(C[C@@H]1CC[C@H](C)[C@H]1Nc1nc2c(O[C@H](C)C(F)(F)F)cccn2n1)c1cc(C)ns1. The molecule has 180 valence electrons. The standard InChI is InChI=1S/C22H29F3N6OS/c1-5-30(18-11-14(3)29-33-18)12-16-9-8-13(2)19(16)26-21-27-20-17(7-6-10-31(20)28-21)32-15(4)22(23,24)25/h6-7,10-11,13,15-16,19H,5,8-9,12H2,1-4H3,(H,26,28)/t13-,15+,16-,19+/m0/s1. The van der Waals surface area contributed by atoms with Gasteiger partial charge in [-0.05, 0) is 75.2 Å². The van der Waals surface area contributed by atoms with Gasteiger partial charge in [-0.25, -0.2) is 4.52 Å². The predicted octanol–water partition coefficient (Wildman–Crippen LogP) is 5.18. The van der Waals surface area contributed by atoms with E-state index >= 15 is 0 Å². The van der Waals surface area contributed by atoms with Crippen molar-refractivity contribution >= 4 is 28.1 Å². The zero-order chi connectivity index (χ0) is 23.8. The van der Waals surface area contributed by atoms with Crippen molar-refractivity contribution in [3.05, 3.63) is 30.1 Å². The Hall–Kier alpha value is -2.56. The molecule has 1 aliphatic rings. The first kappa shape index (κ1) is 23.6. The maximum absolute atomic E-state index is 13.0. The molecule has 1 saturated carbocycles. The van der Waals surface area contributed by atoms with E-state index in [2.05, 4.69) is 44.6 Å². The van der Waals surface area contributed by atoms with Crippen LogP contribution in [0.2, 0.25) is 0 Å². The van der Waals surface area contributed by atoms with E-state index in [9.17, 15) is 13.2 Å². The summed E-state index contributed by atoms with van der Waals surface area (Å²) in [6.07, 6.45) is -2.57. The van der Waals surface area contributed by atoms with Crippen LogP contribution in [0.4, 0.5) is 24.1 Å². The second-order valence-corrected chi connectivity index (χ2v) is 9.49. The molecule has 0 saturated heterocycles. The molecule has 7 nitrogen and oxygen atoms in total. The number of pyridine rings is 1. The van der Waals surface area contributed by atoms with Gasteiger partial charge in [0.2, 0.25) is 5.95 Å². The summed E-state index contributed by atoms with van der Waals surface area (Å²) in [5.74, 6) is 1.25. The Morgan fingerprint density at radius 2 is 2.15 bits per heavy atom. The van der Waals surface area contributed by atoms with Crippen LogP contribution in [-0.2, 0) is 0 Å². The lowest BCUT2D eigenvalue weighted by Gasteiger charge is -2.29. The van der Waals surface area contributed by atoms with Gasteiger partial charge in [-0.1, -0.05) is 6.92 Å². The zero-order valence-electron chi connectivity index (χ0n) is 19.1. The van der Waals surface area contributed by atoms with Crippen LogP contribution in [0.3, 0.4) is 0 Å². The third kappa shape index (κ3) is 5.18. The highest BCUT2D eigenvalue weighted by molar-refractivity contribution is 7.10. The number of halogens is 3. The van der Waals surface area contributed by atoms with Gasteiger partial charge in [0.15, 0.2) is 17.5 Å². The number of alkyl halides is 3. The van der Waals surface area contributed by atoms with Crippen molar-refractivity contribution in [3.63, 3.8) is 0 Å². The van der Waals surface area contributed by atoms with Crippen LogP contribution in [-0.4, -0.2) is 50.4 Å². The summed E-state index contributed by atoms with van der Waals surface area (Å²) in [6, 6.07) is 5.35. The van der Waals surface area contributed by atoms with Crippen molar-refractivity contribution in [3.8, 4) is 5.75 Å². The number of nitrogens with zero attached hydrogens (tertiary/aromatic N) is 5. The van der Waals surface area contributed by atoms with Crippen LogP contribution in [0, 0.1) is 18.8 Å². The number of hydrogen-bond donors (Lipinski definition) is 1. The number of nitrogens with one attached hydrogen (secondary N) is 1. The van der Waals surface area contributed by atoms with Crippen molar-refractivity contribution in [2.24, 2.45) is 11.8 Å². The second-order valence-electron chi connectivity index (χ2n) is 8.71. The molecule has 0 aromatic carbocycles. The molecule has 0 spiro atoms. The van der Waals surface area contributed by atoms with Gasteiger partial charge in [0, 0.05) is 25.3 Å². The molecule has 3 heterocycles. The molecule has 0 unspecified atom stereocenters. The van der Waals surface area contributed by atoms with E-state index in [1.807, 2.05) is 6.92 Å². The molecule has 1 N–H and O–H groups in total. The Morgan fingerprint density at radius 3 is 2.82 bits per heavy atom. The summed E-state index contributed by atoms with van der Waals surface area (Å²) < 4.78 is 49.9. The summed E-state index contributed by atoms with van der Waals surface area (Å²) in [4.78, 5) is 6.82. The fourth-order valence-corrected chi connectivity index (χ4v) is 5.20. The number of fused-ring (bicyclic) bond motifs is 1. The highest BCUT2D eigenvalue weighted by Gasteiger charge is 2.39. The molecule has 3 aromatic heterocycles. The van der Waals surface area contributed by atoms with Crippen molar-refractivity contribution in [2.45, 2.75) is 58.9 Å². The average molecular weight is 483 g/mol. The molecule has 1 fully saturated rings. The lowest BCUT2D eigenvalue weighted by atomic mass is 9.98. The number of rotatable bonds is 8. The molecule has 4 rings (SSSR count). The van der Waals surface area contributed by atoms with Gasteiger partial charge in [-0.15, -0.1) is 5.10 Å². The van der Waals surface area contributed by atoms with Gasteiger partial charge in [-0.3, -0.25) is 0 Å². The normalized spacial score (nSPS) is 22.0. The van der Waals surface area contributed by atoms with E-state index in [0.29, 0.717) is 17.8 Å². The molecule has 0 aliphatic heterocycles. The lowest BCUT2D eigenvalue weighted by molar-refractivity contribution is -0.189. The summed E-state index contributed by atoms with van der Waals surface area (Å²) in [6.45, 7) is 9.12. The number of ether oxygens (including phenoxy) is 1. The summed E-state index contributed by atoms with van der Waals surface area (Å²) in [5.41, 5.74) is 1.28. The maximum atomic E-state index is 13.0. The number of aryl methyl sites for hydroxylation is 1. The fourth-order valence-electron chi connectivity index (χ4n) is 4.36. The maximum Gasteiger partial charge on any atom is 0.425 e. The first-order valence-electron chi connectivity index (χ1n) is 11.2. The number of anilines is 2. The van der Waals surface area contributed by atoms with E-state index < -0.39 is 12.3 Å². The van der Waals surface area contributed by atoms with Crippen molar-refractivity contribution < 1.29 is 17.9 Å². The highest BCUT2D eigenvalue weighted by atomic mass is 32.1. The summed E-state index contributed by atoms with van der Waals surface area (Å²) in [7, 11) is 0. The zero-order valence-corrected chi connectivity index (χ0v) is 20.0. The Morgan fingerprint density at radius 1 is 1.36 bits per heavy atom. The summed E-state index contributed by atoms with van der Waals surface area (Å²) in [5, 5.41) is 9.08. The Balaban J connectivity index is 1.52. The van der Waals surface area contributed by atoms with E-state index in [1.165, 1.54) is 27.1 Å². The molecule has 11 heteroatoms. The Bertz CT molecular complexity index is 1080. The van der Waals surface area contributed by atoms with E-state index in [0.717, 1.165) is 38.5 Å². The van der Waals surface area contributed by atoms with Gasteiger partial charge in [0.1, 0.15) is 5.00 Å². The molecule has 3 aromatic rings. The van der Waals surface area contributed by atoms with Crippen LogP contribution >= 0.6 is 11.5 Å². The van der Waals surface area contributed by atoms with Gasteiger partial charge in [0.25, 0.3) is 0 Å². The van der Waals surface area contributed by atoms with E-state index in [1.54, 1.807) is 12.3 Å². The molecule has 4 atom stereocenters. The second kappa shape index (κ2) is 9.36. The first-order chi connectivity index (χ1) is 15.7. The van der Waals surface area contributed by atoms with Crippen LogP contribution in [0.25, 0.3) is 5.65 Å². The Labute approximate surface area is 195 Å². The topological polar surface area (TPSA) is 67.6 Å². The lowest BCUT2D eigenvalue weighted by Crippen LogP contribution is -2.38. The van der Waals surface area contributed by atoms with E-state index in [4.69, 9.17) is 4.74 Å². The van der Waals surface area contributed by atoms with Gasteiger partial charge >= 0.3 is 6.18 Å². The average Bonchev–Trinajstić information content (AvgIpc) is 3.46. The minimum Gasteiger partial charge on any atom is -0.477 e. The minimum atomic E-state index is -4.46. The largest absolute Gasteiger partial charge is 0.477 e. The first-order valence-corrected chi connectivity index (χ1v) is 12.0. The number of hydrogen-bond acceptors (Lipinski definition) is 7. The van der Waals surface area contributed by atoms with Crippen molar-refractivity contribution in [1.82, 2.24) is 19.0 Å². The quantitative estimate of drug-likeness (QED) is 0.477. The molecule has 1 aliphatic carbocycles. The smallest absolute Gasteiger partial charge is 0.425 e. The monoisotopic (exact) mass is 482 g/mol. The summed E-state index contributed by atoms with van der Waals surface area (Å²) >= 11 is 1.52.